The second-order valence-electron chi connectivity index (χ2n) is 6.75. The summed E-state index contributed by atoms with van der Waals surface area (Å²) >= 11 is 0. The minimum Gasteiger partial charge on any atom is -0.478 e. The number of carbonyl (C=O) groups is 3. The quantitative estimate of drug-likeness (QED) is 0.396. The molecule has 31 heavy (non-hydrogen) atoms. The van der Waals surface area contributed by atoms with Crippen molar-refractivity contribution < 1.29 is 23.9 Å². The molecule has 9 heteroatoms. The van der Waals surface area contributed by atoms with E-state index in [1.54, 1.807) is 18.2 Å². The van der Waals surface area contributed by atoms with E-state index in [2.05, 4.69) is 15.8 Å². The molecule has 0 saturated heterocycles. The molecule has 3 aromatic rings. The minimum atomic E-state index is -1.11. The van der Waals surface area contributed by atoms with Crippen molar-refractivity contribution in [1.82, 2.24) is 5.43 Å². The number of aromatic carboxylic acids is 1. The molecule has 0 aliphatic heterocycles. The predicted octanol–water partition coefficient (Wildman–Crippen LogP) is 2.67. The average Bonchev–Trinajstić information content (AvgIpc) is 2.74. The number of fused-ring (bicyclic) bond motifs is 1. The van der Waals surface area contributed by atoms with Gasteiger partial charge in [-0.05, 0) is 37.3 Å². The van der Waals surface area contributed by atoms with Crippen molar-refractivity contribution in [3.63, 3.8) is 0 Å². The van der Waals surface area contributed by atoms with Crippen LogP contribution in [0.15, 0.2) is 63.0 Å². The SMILES string of the molecule is Cc1ccc2occ(C=NNC(=O)CCC(=O)Nc3cccc(C(=O)O)c3)c(=O)c2c1. The van der Waals surface area contributed by atoms with Crippen LogP contribution in [-0.2, 0) is 9.59 Å². The highest BCUT2D eigenvalue weighted by molar-refractivity contribution is 5.95. The topological polar surface area (TPSA) is 138 Å². The van der Waals surface area contributed by atoms with Crippen LogP contribution in [0.4, 0.5) is 5.69 Å². The van der Waals surface area contributed by atoms with Crippen molar-refractivity contribution in [2.24, 2.45) is 5.10 Å². The molecule has 0 bridgehead atoms. The number of carboxylic acids is 1. The van der Waals surface area contributed by atoms with Gasteiger partial charge in [0.1, 0.15) is 11.8 Å². The van der Waals surface area contributed by atoms with Crippen LogP contribution in [0.3, 0.4) is 0 Å². The van der Waals surface area contributed by atoms with Gasteiger partial charge in [0.15, 0.2) is 0 Å². The van der Waals surface area contributed by atoms with Gasteiger partial charge in [-0.3, -0.25) is 14.4 Å². The lowest BCUT2D eigenvalue weighted by Crippen LogP contribution is -2.21. The third-order valence-corrected chi connectivity index (χ3v) is 4.32. The van der Waals surface area contributed by atoms with Gasteiger partial charge in [0.25, 0.3) is 0 Å². The Morgan fingerprint density at radius 3 is 2.65 bits per heavy atom. The molecule has 2 amide bonds. The first kappa shape index (κ1) is 21.4. The van der Waals surface area contributed by atoms with Crippen molar-refractivity contribution in [1.29, 1.82) is 0 Å². The highest BCUT2D eigenvalue weighted by atomic mass is 16.4. The summed E-state index contributed by atoms with van der Waals surface area (Å²) in [6, 6.07) is 11.0. The van der Waals surface area contributed by atoms with Crippen molar-refractivity contribution in [2.75, 3.05) is 5.32 Å². The number of carbonyl (C=O) groups excluding carboxylic acids is 2. The number of nitrogens with zero attached hydrogens (tertiary/aromatic N) is 1. The smallest absolute Gasteiger partial charge is 0.335 e. The van der Waals surface area contributed by atoms with Gasteiger partial charge in [-0.15, -0.1) is 0 Å². The Morgan fingerprint density at radius 1 is 1.10 bits per heavy atom. The monoisotopic (exact) mass is 421 g/mol. The first-order chi connectivity index (χ1) is 14.8. The van der Waals surface area contributed by atoms with E-state index in [1.807, 2.05) is 13.0 Å². The van der Waals surface area contributed by atoms with Crippen LogP contribution in [0.5, 0.6) is 0 Å². The maximum Gasteiger partial charge on any atom is 0.335 e. The van der Waals surface area contributed by atoms with E-state index < -0.39 is 17.8 Å². The summed E-state index contributed by atoms with van der Waals surface area (Å²) in [5.41, 5.74) is 3.88. The number of hydrogen-bond acceptors (Lipinski definition) is 6. The molecule has 3 N–H and O–H groups in total. The van der Waals surface area contributed by atoms with Crippen molar-refractivity contribution in [2.45, 2.75) is 19.8 Å². The molecule has 0 atom stereocenters. The maximum atomic E-state index is 12.5. The molecule has 9 nitrogen and oxygen atoms in total. The first-order valence-electron chi connectivity index (χ1n) is 9.31. The second-order valence-corrected chi connectivity index (χ2v) is 6.75. The van der Waals surface area contributed by atoms with Gasteiger partial charge in [-0.1, -0.05) is 17.7 Å². The number of carboxylic acid groups (broad SMARTS) is 1. The third-order valence-electron chi connectivity index (χ3n) is 4.32. The largest absolute Gasteiger partial charge is 0.478 e. The molecule has 0 fully saturated rings. The molecule has 0 spiro atoms. The molecule has 1 heterocycles. The van der Waals surface area contributed by atoms with Gasteiger partial charge in [-0.25, -0.2) is 10.2 Å². The zero-order chi connectivity index (χ0) is 22.4. The predicted molar refractivity (Wildman–Crippen MR) is 114 cm³/mol. The molecular formula is C22H19N3O6. The van der Waals surface area contributed by atoms with Gasteiger partial charge in [0.2, 0.25) is 17.2 Å². The fraction of sp³-hybridized carbons (Fsp3) is 0.136. The van der Waals surface area contributed by atoms with E-state index in [0.29, 0.717) is 16.7 Å². The van der Waals surface area contributed by atoms with Gasteiger partial charge in [0.05, 0.1) is 22.7 Å². The highest BCUT2D eigenvalue weighted by Gasteiger charge is 2.09. The summed E-state index contributed by atoms with van der Waals surface area (Å²) in [4.78, 5) is 47.3. The van der Waals surface area contributed by atoms with E-state index in [4.69, 9.17) is 9.52 Å². The van der Waals surface area contributed by atoms with Crippen molar-refractivity contribution >= 4 is 40.7 Å². The number of hydrogen-bond donors (Lipinski definition) is 3. The minimum absolute atomic E-state index is 0.0400. The first-order valence-corrected chi connectivity index (χ1v) is 9.31. The Hall–Kier alpha value is -4.27. The second kappa shape index (κ2) is 9.49. The molecule has 158 valence electrons. The van der Waals surface area contributed by atoms with Crippen molar-refractivity contribution in [3.8, 4) is 0 Å². The van der Waals surface area contributed by atoms with Crippen LogP contribution < -0.4 is 16.2 Å². The lowest BCUT2D eigenvalue weighted by atomic mass is 10.1. The zero-order valence-corrected chi connectivity index (χ0v) is 16.5. The third kappa shape index (κ3) is 5.63. The Labute approximate surface area is 176 Å². The van der Waals surface area contributed by atoms with Crippen LogP contribution in [0, 0.1) is 6.92 Å². The summed E-state index contributed by atoms with van der Waals surface area (Å²) < 4.78 is 5.40. The zero-order valence-electron chi connectivity index (χ0n) is 16.5. The Balaban J connectivity index is 1.53. The van der Waals surface area contributed by atoms with Gasteiger partial charge in [-0.2, -0.15) is 5.10 Å². The summed E-state index contributed by atoms with van der Waals surface area (Å²) in [5, 5.41) is 15.6. The maximum absolute atomic E-state index is 12.5. The Morgan fingerprint density at radius 2 is 1.87 bits per heavy atom. The number of benzene rings is 2. The van der Waals surface area contributed by atoms with E-state index in [-0.39, 0.29) is 29.4 Å². The standard InChI is InChI=1S/C22H19N3O6/c1-13-5-6-18-17(9-13)21(28)15(12-31-18)11-23-25-20(27)8-7-19(26)24-16-4-2-3-14(10-16)22(29)30/h2-6,9-12H,7-8H2,1H3,(H,24,26)(H,25,27)(H,29,30). The van der Waals surface area contributed by atoms with E-state index in [1.165, 1.54) is 30.7 Å². The molecule has 2 aromatic carbocycles. The number of hydrazone groups is 1. The molecule has 0 radical (unpaired) electrons. The molecule has 0 aliphatic carbocycles. The molecule has 0 saturated carbocycles. The summed E-state index contributed by atoms with van der Waals surface area (Å²) in [5.74, 6) is -2.08. The number of nitrogens with one attached hydrogen (secondary N) is 2. The summed E-state index contributed by atoms with van der Waals surface area (Å²) in [7, 11) is 0. The van der Waals surface area contributed by atoms with Gasteiger partial charge in [0, 0.05) is 18.5 Å². The lowest BCUT2D eigenvalue weighted by molar-refractivity contribution is -0.124. The van der Waals surface area contributed by atoms with E-state index in [0.717, 1.165) is 5.56 Å². The average molecular weight is 421 g/mol. The molecule has 3 rings (SSSR count). The molecular weight excluding hydrogens is 402 g/mol. The van der Waals surface area contributed by atoms with Gasteiger partial charge >= 0.3 is 5.97 Å². The van der Waals surface area contributed by atoms with Crippen LogP contribution in [-0.4, -0.2) is 29.1 Å². The molecule has 0 unspecified atom stereocenters. The number of aryl methyl sites for hydroxylation is 1. The summed E-state index contributed by atoms with van der Waals surface area (Å²) in [6.07, 6.45) is 2.17. The summed E-state index contributed by atoms with van der Waals surface area (Å²) in [6.45, 7) is 1.86. The number of amides is 2. The normalized spacial score (nSPS) is 10.9. The van der Waals surface area contributed by atoms with Crippen LogP contribution in [0.1, 0.15) is 34.3 Å². The molecule has 0 aliphatic rings. The Bertz CT molecular complexity index is 1250. The Kier molecular flexibility index (Phi) is 6.56. The van der Waals surface area contributed by atoms with Gasteiger partial charge < -0.3 is 14.8 Å². The van der Waals surface area contributed by atoms with E-state index >= 15 is 0 Å². The number of rotatable bonds is 7. The molecule has 1 aromatic heterocycles. The van der Waals surface area contributed by atoms with Crippen LogP contribution in [0.2, 0.25) is 0 Å². The van der Waals surface area contributed by atoms with Crippen molar-refractivity contribution in [3.05, 3.63) is 75.6 Å². The fourth-order valence-corrected chi connectivity index (χ4v) is 2.76. The number of anilines is 1. The lowest BCUT2D eigenvalue weighted by Gasteiger charge is -2.05. The van der Waals surface area contributed by atoms with E-state index in [9.17, 15) is 19.2 Å². The fourth-order valence-electron chi connectivity index (χ4n) is 2.76. The van der Waals surface area contributed by atoms with Crippen LogP contribution >= 0.6 is 0 Å². The van der Waals surface area contributed by atoms with Crippen LogP contribution in [0.25, 0.3) is 11.0 Å². The highest BCUT2D eigenvalue weighted by Crippen LogP contribution is 2.13.